The maximum atomic E-state index is 8.44. The van der Waals surface area contributed by atoms with Crippen LogP contribution < -0.4 is 5.73 Å². The summed E-state index contributed by atoms with van der Waals surface area (Å²) in [6, 6.07) is 0. The Hall–Kier alpha value is -0.770. The highest BCUT2D eigenvalue weighted by Crippen LogP contribution is 2.24. The number of oxime groups is 1. The molecule has 1 saturated heterocycles. The monoisotopic (exact) mass is 158 g/mol. The Balaban J connectivity index is 2.64. The van der Waals surface area contributed by atoms with E-state index in [9.17, 15) is 0 Å². The summed E-state index contributed by atoms with van der Waals surface area (Å²) in [5.41, 5.74) is 4.92. The van der Waals surface area contributed by atoms with E-state index in [2.05, 4.69) is 5.16 Å². The highest BCUT2D eigenvalue weighted by molar-refractivity contribution is 5.88. The third-order valence-electron chi connectivity index (χ3n) is 2.12. The van der Waals surface area contributed by atoms with Crippen LogP contribution in [0.3, 0.4) is 0 Å². The molecule has 0 amide bonds. The maximum absolute atomic E-state index is 8.44. The second-order valence-electron chi connectivity index (χ2n) is 3.02. The van der Waals surface area contributed by atoms with Crippen LogP contribution in [-0.4, -0.2) is 23.3 Å². The zero-order valence-corrected chi connectivity index (χ0v) is 6.71. The summed E-state index contributed by atoms with van der Waals surface area (Å²) in [5, 5.41) is 11.4. The van der Waals surface area contributed by atoms with Crippen molar-refractivity contribution in [1.29, 1.82) is 0 Å². The van der Waals surface area contributed by atoms with Gasteiger partial charge in [-0.3, -0.25) is 0 Å². The smallest absolute Gasteiger partial charge is 0.171 e. The van der Waals surface area contributed by atoms with E-state index in [1.165, 1.54) is 0 Å². The summed E-state index contributed by atoms with van der Waals surface area (Å²) in [7, 11) is 0. The molecule has 1 heterocycles. The fourth-order valence-corrected chi connectivity index (χ4v) is 1.24. The molecule has 11 heavy (non-hydrogen) atoms. The maximum Gasteiger partial charge on any atom is 0.171 e. The fourth-order valence-electron chi connectivity index (χ4n) is 1.24. The van der Waals surface area contributed by atoms with Crippen LogP contribution >= 0.6 is 0 Å². The van der Waals surface area contributed by atoms with Gasteiger partial charge in [0.05, 0.1) is 0 Å². The Kier molecular flexibility index (Phi) is 2.34. The van der Waals surface area contributed by atoms with Crippen LogP contribution in [0.4, 0.5) is 0 Å². The number of nitrogens with zero attached hydrogens (tertiary/aromatic N) is 1. The Morgan fingerprint density at radius 2 is 2.36 bits per heavy atom. The molecule has 0 aromatic heterocycles. The molecular formula is C7H14N2O2. The molecule has 0 saturated carbocycles. The average Bonchev–Trinajstić information content (AvgIpc) is 2.04. The molecule has 1 aliphatic rings. The normalized spacial score (nSPS) is 33.7. The fraction of sp³-hybridized carbons (Fsp3) is 0.857. The standard InChI is InChI=1S/C7H14N2O2/c1-7(6(8)9-10)4-2-3-5-11-7/h10H,2-5H2,1H3,(H2,8,9). The number of ether oxygens (including phenoxy) is 1. The van der Waals surface area contributed by atoms with E-state index in [1.54, 1.807) is 0 Å². The van der Waals surface area contributed by atoms with Crippen molar-refractivity contribution in [3.05, 3.63) is 0 Å². The molecule has 1 fully saturated rings. The highest BCUT2D eigenvalue weighted by Gasteiger charge is 2.32. The Morgan fingerprint density at radius 1 is 1.64 bits per heavy atom. The molecule has 1 unspecified atom stereocenters. The van der Waals surface area contributed by atoms with Gasteiger partial charge in [0.2, 0.25) is 0 Å². The predicted molar refractivity (Wildman–Crippen MR) is 41.6 cm³/mol. The molecular weight excluding hydrogens is 144 g/mol. The van der Waals surface area contributed by atoms with Gasteiger partial charge in [0.1, 0.15) is 5.60 Å². The van der Waals surface area contributed by atoms with Crippen LogP contribution in [0.15, 0.2) is 5.16 Å². The van der Waals surface area contributed by atoms with E-state index < -0.39 is 5.60 Å². The highest BCUT2D eigenvalue weighted by atomic mass is 16.5. The van der Waals surface area contributed by atoms with Crippen molar-refractivity contribution in [2.75, 3.05) is 6.61 Å². The van der Waals surface area contributed by atoms with E-state index in [0.717, 1.165) is 19.3 Å². The van der Waals surface area contributed by atoms with Crippen LogP contribution in [-0.2, 0) is 4.74 Å². The number of nitrogens with two attached hydrogens (primary N) is 1. The lowest BCUT2D eigenvalue weighted by atomic mass is 9.95. The minimum absolute atomic E-state index is 0.178. The van der Waals surface area contributed by atoms with Crippen LogP contribution in [0.2, 0.25) is 0 Å². The van der Waals surface area contributed by atoms with E-state index in [0.29, 0.717) is 6.61 Å². The second kappa shape index (κ2) is 3.09. The number of hydrogen-bond donors (Lipinski definition) is 2. The number of amidine groups is 1. The Morgan fingerprint density at radius 3 is 2.82 bits per heavy atom. The van der Waals surface area contributed by atoms with Gasteiger partial charge in [-0.05, 0) is 26.2 Å². The molecule has 4 nitrogen and oxygen atoms in total. The molecule has 0 bridgehead atoms. The van der Waals surface area contributed by atoms with Crippen LogP contribution in [0.1, 0.15) is 26.2 Å². The average molecular weight is 158 g/mol. The van der Waals surface area contributed by atoms with Gasteiger partial charge < -0.3 is 15.7 Å². The summed E-state index contributed by atoms with van der Waals surface area (Å²) in [5.74, 6) is 0.178. The Bertz CT molecular complexity index is 162. The molecule has 0 spiro atoms. The van der Waals surface area contributed by atoms with Gasteiger partial charge in [-0.25, -0.2) is 0 Å². The molecule has 4 heteroatoms. The van der Waals surface area contributed by atoms with Crippen LogP contribution in [0.5, 0.6) is 0 Å². The van der Waals surface area contributed by atoms with E-state index in [-0.39, 0.29) is 5.84 Å². The van der Waals surface area contributed by atoms with Crippen molar-refractivity contribution in [3.63, 3.8) is 0 Å². The lowest BCUT2D eigenvalue weighted by Crippen LogP contribution is -2.45. The summed E-state index contributed by atoms with van der Waals surface area (Å²) in [6.45, 7) is 2.55. The largest absolute Gasteiger partial charge is 0.409 e. The molecule has 1 aliphatic heterocycles. The molecule has 64 valence electrons. The van der Waals surface area contributed by atoms with Crippen molar-refractivity contribution in [3.8, 4) is 0 Å². The SMILES string of the molecule is CC1(/C(N)=N/O)CCCCO1. The van der Waals surface area contributed by atoms with Crippen LogP contribution in [0, 0.1) is 0 Å². The summed E-state index contributed by atoms with van der Waals surface area (Å²) in [4.78, 5) is 0. The summed E-state index contributed by atoms with van der Waals surface area (Å²) >= 11 is 0. The third-order valence-corrected chi connectivity index (χ3v) is 2.12. The first-order valence-corrected chi connectivity index (χ1v) is 3.81. The molecule has 1 rings (SSSR count). The molecule has 3 N–H and O–H groups in total. The van der Waals surface area contributed by atoms with Gasteiger partial charge in [-0.2, -0.15) is 0 Å². The first kappa shape index (κ1) is 8.33. The van der Waals surface area contributed by atoms with Crippen molar-refractivity contribution in [2.45, 2.75) is 31.8 Å². The summed E-state index contributed by atoms with van der Waals surface area (Å²) in [6.07, 6.45) is 2.98. The van der Waals surface area contributed by atoms with Gasteiger partial charge in [-0.15, -0.1) is 0 Å². The molecule has 1 atom stereocenters. The van der Waals surface area contributed by atoms with Crippen molar-refractivity contribution < 1.29 is 9.94 Å². The third kappa shape index (κ3) is 1.63. The minimum atomic E-state index is -0.535. The van der Waals surface area contributed by atoms with E-state index >= 15 is 0 Å². The van der Waals surface area contributed by atoms with Gasteiger partial charge in [0.25, 0.3) is 0 Å². The second-order valence-corrected chi connectivity index (χ2v) is 3.02. The van der Waals surface area contributed by atoms with Crippen molar-refractivity contribution in [1.82, 2.24) is 0 Å². The van der Waals surface area contributed by atoms with Crippen LogP contribution in [0.25, 0.3) is 0 Å². The van der Waals surface area contributed by atoms with Gasteiger partial charge in [0.15, 0.2) is 5.84 Å². The van der Waals surface area contributed by atoms with Gasteiger partial charge in [0, 0.05) is 6.61 Å². The first-order chi connectivity index (χ1) is 5.19. The Labute approximate surface area is 66.0 Å². The van der Waals surface area contributed by atoms with Gasteiger partial charge >= 0.3 is 0 Å². The minimum Gasteiger partial charge on any atom is -0.409 e. The van der Waals surface area contributed by atoms with E-state index in [4.69, 9.17) is 15.7 Å². The van der Waals surface area contributed by atoms with Gasteiger partial charge in [-0.1, -0.05) is 5.16 Å². The van der Waals surface area contributed by atoms with Crippen molar-refractivity contribution in [2.24, 2.45) is 10.9 Å². The molecule has 0 aliphatic carbocycles. The number of hydrogen-bond acceptors (Lipinski definition) is 3. The van der Waals surface area contributed by atoms with E-state index in [1.807, 2.05) is 6.92 Å². The molecule has 0 aromatic carbocycles. The molecule has 0 radical (unpaired) electrons. The zero-order valence-electron chi connectivity index (χ0n) is 6.71. The number of rotatable bonds is 1. The topological polar surface area (TPSA) is 67.8 Å². The van der Waals surface area contributed by atoms with Crippen molar-refractivity contribution >= 4 is 5.84 Å². The quantitative estimate of drug-likeness (QED) is 0.255. The summed E-state index contributed by atoms with van der Waals surface area (Å²) < 4.78 is 5.40. The lowest BCUT2D eigenvalue weighted by Gasteiger charge is -2.32. The predicted octanol–water partition coefficient (Wildman–Crippen LogP) is 0.692. The zero-order chi connectivity index (χ0) is 8.32. The first-order valence-electron chi connectivity index (χ1n) is 3.81. The molecule has 0 aromatic rings. The lowest BCUT2D eigenvalue weighted by molar-refractivity contribution is -0.0177.